The number of fused-ring (bicyclic) bond motifs is 4. The highest BCUT2D eigenvalue weighted by Gasteiger charge is 2.18. The molecule has 1 aliphatic heterocycles. The minimum atomic E-state index is -0.153. The molecule has 0 atom stereocenters. The van der Waals surface area contributed by atoms with Crippen molar-refractivity contribution in [3.8, 4) is 11.1 Å². The lowest BCUT2D eigenvalue weighted by molar-refractivity contribution is -0.116. The van der Waals surface area contributed by atoms with E-state index in [0.717, 1.165) is 37.0 Å². The standard InChI is InChI=1S/C27H23ClN4O3S.C2H6/c1-30(25(34)16-28)17-7-8-22-21(14-17)19-5-2-4-18(26(19)36-22)20-6-3-9-32-24(33)15-23(29-27(20)32)31-10-12-35-13-11-31;1-2/h2-9,14-15H,10-13,16H2,1H3;1-2H3. The van der Waals surface area contributed by atoms with E-state index in [9.17, 15) is 9.59 Å². The maximum atomic E-state index is 13.0. The predicted molar refractivity (Wildman–Crippen MR) is 158 cm³/mol. The van der Waals surface area contributed by atoms with Crippen LogP contribution < -0.4 is 15.4 Å². The topological polar surface area (TPSA) is 67.2 Å². The number of alkyl halides is 1. The van der Waals surface area contributed by atoms with E-state index in [1.165, 1.54) is 0 Å². The second-order valence-electron chi connectivity index (χ2n) is 8.72. The number of anilines is 2. The first-order valence-electron chi connectivity index (χ1n) is 12.7. The summed E-state index contributed by atoms with van der Waals surface area (Å²) in [7, 11) is 1.73. The van der Waals surface area contributed by atoms with Crippen LogP contribution in [0.3, 0.4) is 0 Å². The van der Waals surface area contributed by atoms with Gasteiger partial charge in [0.05, 0.1) is 13.2 Å². The number of morpholine rings is 1. The molecule has 7 nitrogen and oxygen atoms in total. The molecule has 0 bridgehead atoms. The van der Waals surface area contributed by atoms with E-state index in [0.29, 0.717) is 37.8 Å². The van der Waals surface area contributed by atoms with Crippen LogP contribution >= 0.6 is 22.9 Å². The van der Waals surface area contributed by atoms with Gasteiger partial charge in [0, 0.05) is 69.4 Å². The van der Waals surface area contributed by atoms with Gasteiger partial charge in [0.25, 0.3) is 5.56 Å². The van der Waals surface area contributed by atoms with E-state index in [2.05, 4.69) is 17.0 Å². The molecule has 0 unspecified atom stereocenters. The molecule has 1 amide bonds. The van der Waals surface area contributed by atoms with Gasteiger partial charge in [-0.2, -0.15) is 0 Å². The van der Waals surface area contributed by atoms with Gasteiger partial charge in [-0.15, -0.1) is 22.9 Å². The quantitative estimate of drug-likeness (QED) is 0.266. The Morgan fingerprint density at radius 3 is 2.58 bits per heavy atom. The van der Waals surface area contributed by atoms with Crippen LogP contribution in [0.2, 0.25) is 0 Å². The number of aromatic nitrogens is 2. The molecule has 0 radical (unpaired) electrons. The molecule has 2 aromatic carbocycles. The number of halogens is 1. The zero-order valence-electron chi connectivity index (χ0n) is 21.6. The first-order chi connectivity index (χ1) is 18.5. The second kappa shape index (κ2) is 11.1. The van der Waals surface area contributed by atoms with Crippen LogP contribution in [0.5, 0.6) is 0 Å². The number of thiophene rings is 1. The predicted octanol–water partition coefficient (Wildman–Crippen LogP) is 5.79. The highest BCUT2D eigenvalue weighted by atomic mass is 35.5. The van der Waals surface area contributed by atoms with Crippen LogP contribution in [0.25, 0.3) is 36.9 Å². The summed E-state index contributed by atoms with van der Waals surface area (Å²) in [6.45, 7) is 6.66. The molecule has 6 rings (SSSR count). The summed E-state index contributed by atoms with van der Waals surface area (Å²) in [6, 6.07) is 17.7. The Morgan fingerprint density at radius 2 is 1.82 bits per heavy atom. The van der Waals surface area contributed by atoms with Crippen molar-refractivity contribution in [3.05, 3.63) is 71.1 Å². The van der Waals surface area contributed by atoms with Crippen molar-refractivity contribution in [1.29, 1.82) is 0 Å². The molecule has 1 aliphatic rings. The lowest BCUT2D eigenvalue weighted by Crippen LogP contribution is -2.37. The third-order valence-corrected chi connectivity index (χ3v) is 8.11. The first-order valence-corrected chi connectivity index (χ1v) is 14.0. The number of ether oxygens (including phenoxy) is 1. The summed E-state index contributed by atoms with van der Waals surface area (Å²) >= 11 is 7.46. The molecule has 4 heterocycles. The Labute approximate surface area is 229 Å². The zero-order chi connectivity index (χ0) is 26.8. The molecule has 0 spiro atoms. The van der Waals surface area contributed by atoms with E-state index in [1.54, 1.807) is 39.9 Å². The van der Waals surface area contributed by atoms with E-state index >= 15 is 0 Å². The number of amides is 1. The van der Waals surface area contributed by atoms with Gasteiger partial charge in [-0.3, -0.25) is 14.0 Å². The van der Waals surface area contributed by atoms with Gasteiger partial charge in [0.2, 0.25) is 5.91 Å². The summed E-state index contributed by atoms with van der Waals surface area (Å²) in [4.78, 5) is 33.8. The highest BCUT2D eigenvalue weighted by molar-refractivity contribution is 7.26. The van der Waals surface area contributed by atoms with Crippen molar-refractivity contribution in [2.45, 2.75) is 13.8 Å². The summed E-state index contributed by atoms with van der Waals surface area (Å²) in [5.74, 6) is 0.457. The van der Waals surface area contributed by atoms with Crippen molar-refractivity contribution >= 4 is 66.2 Å². The van der Waals surface area contributed by atoms with Crippen LogP contribution in [0.4, 0.5) is 11.5 Å². The fourth-order valence-corrected chi connectivity index (χ4v) is 6.11. The number of rotatable bonds is 4. The molecular formula is C29H29ClN4O3S. The minimum absolute atomic E-state index is 0.0665. The van der Waals surface area contributed by atoms with Crippen LogP contribution in [0, 0.1) is 0 Å². The SMILES string of the molecule is CC.CN(C(=O)CCl)c1ccc2sc3c(-c4cccn5c(=O)cc(N6CCOCC6)nc45)cccc3c2c1. The van der Waals surface area contributed by atoms with E-state index in [-0.39, 0.29) is 17.3 Å². The van der Waals surface area contributed by atoms with Crippen LogP contribution in [0.15, 0.2) is 65.6 Å². The maximum Gasteiger partial charge on any atom is 0.259 e. The average molecular weight is 549 g/mol. The zero-order valence-corrected chi connectivity index (χ0v) is 23.2. The monoisotopic (exact) mass is 548 g/mol. The summed E-state index contributed by atoms with van der Waals surface area (Å²) < 4.78 is 9.30. The molecule has 5 aromatic rings. The Bertz CT molecular complexity index is 1690. The van der Waals surface area contributed by atoms with Gasteiger partial charge in [0.15, 0.2) is 0 Å². The molecule has 0 N–H and O–H groups in total. The third kappa shape index (κ3) is 4.64. The van der Waals surface area contributed by atoms with Gasteiger partial charge in [-0.1, -0.05) is 32.0 Å². The van der Waals surface area contributed by atoms with Gasteiger partial charge >= 0.3 is 0 Å². The minimum Gasteiger partial charge on any atom is -0.378 e. The molecule has 1 fully saturated rings. The molecule has 0 saturated carbocycles. The second-order valence-corrected chi connectivity index (χ2v) is 10.0. The van der Waals surface area contributed by atoms with E-state index < -0.39 is 0 Å². The molecule has 1 saturated heterocycles. The Kier molecular flexibility index (Phi) is 7.65. The molecule has 38 heavy (non-hydrogen) atoms. The number of nitrogens with zero attached hydrogens (tertiary/aromatic N) is 4. The van der Waals surface area contributed by atoms with Crippen molar-refractivity contribution in [2.75, 3.05) is 49.0 Å². The van der Waals surface area contributed by atoms with Crippen LogP contribution in [0.1, 0.15) is 13.8 Å². The molecule has 0 aliphatic carbocycles. The lowest BCUT2D eigenvalue weighted by atomic mass is 10.0. The average Bonchev–Trinajstić information content (AvgIpc) is 3.36. The number of pyridine rings is 1. The molecule has 3 aromatic heterocycles. The Balaban J connectivity index is 0.00000144. The number of carbonyl (C=O) groups is 1. The normalized spacial score (nSPS) is 13.5. The number of carbonyl (C=O) groups excluding carboxylic acids is 1. The summed E-state index contributed by atoms with van der Waals surface area (Å²) in [5, 5.41) is 2.16. The van der Waals surface area contributed by atoms with Crippen LogP contribution in [-0.2, 0) is 9.53 Å². The fourth-order valence-electron chi connectivity index (χ4n) is 4.72. The van der Waals surface area contributed by atoms with Gasteiger partial charge in [-0.25, -0.2) is 4.98 Å². The smallest absolute Gasteiger partial charge is 0.259 e. The highest BCUT2D eigenvalue weighted by Crippen LogP contribution is 2.41. The van der Waals surface area contributed by atoms with E-state index in [1.807, 2.05) is 50.2 Å². The fraction of sp³-hybridized carbons (Fsp3) is 0.276. The summed E-state index contributed by atoms with van der Waals surface area (Å²) in [6.07, 6.45) is 1.76. The number of hydrogen-bond acceptors (Lipinski definition) is 6. The van der Waals surface area contributed by atoms with E-state index in [4.69, 9.17) is 21.3 Å². The third-order valence-electron chi connectivity index (χ3n) is 6.66. The molecular weight excluding hydrogens is 520 g/mol. The lowest BCUT2D eigenvalue weighted by Gasteiger charge is -2.27. The van der Waals surface area contributed by atoms with Gasteiger partial charge in [-0.05, 0) is 30.3 Å². The summed E-state index contributed by atoms with van der Waals surface area (Å²) in [5.41, 5.74) is 3.24. The van der Waals surface area contributed by atoms with Gasteiger partial charge in [0.1, 0.15) is 17.3 Å². The van der Waals surface area contributed by atoms with Crippen molar-refractivity contribution in [2.24, 2.45) is 0 Å². The van der Waals surface area contributed by atoms with Crippen molar-refractivity contribution in [1.82, 2.24) is 9.38 Å². The molecule has 196 valence electrons. The molecule has 9 heteroatoms. The number of benzene rings is 2. The van der Waals surface area contributed by atoms with Crippen molar-refractivity contribution in [3.63, 3.8) is 0 Å². The largest absolute Gasteiger partial charge is 0.378 e. The Hall–Kier alpha value is -3.46. The Morgan fingerprint density at radius 1 is 1.05 bits per heavy atom. The number of hydrogen-bond donors (Lipinski definition) is 0. The van der Waals surface area contributed by atoms with Gasteiger partial charge < -0.3 is 14.5 Å². The first kappa shape index (κ1) is 26.2. The maximum absolute atomic E-state index is 13.0. The van der Waals surface area contributed by atoms with Crippen molar-refractivity contribution < 1.29 is 9.53 Å². The van der Waals surface area contributed by atoms with Crippen LogP contribution in [-0.4, -0.2) is 54.5 Å².